The summed E-state index contributed by atoms with van der Waals surface area (Å²) in [5.41, 5.74) is 0.910. The monoisotopic (exact) mass is 320 g/mol. The Bertz CT molecular complexity index is 763. The molecule has 0 aromatic carbocycles. The Labute approximate surface area is 128 Å². The van der Waals surface area contributed by atoms with Crippen molar-refractivity contribution in [3.05, 3.63) is 54.0 Å². The number of carbonyl (C=O) groups is 1. The van der Waals surface area contributed by atoms with Crippen LogP contribution in [-0.2, 0) is 10.0 Å². The van der Waals surface area contributed by atoms with E-state index < -0.39 is 16.1 Å². The Kier molecular flexibility index (Phi) is 4.84. The second-order valence-electron chi connectivity index (χ2n) is 4.62. The van der Waals surface area contributed by atoms with E-state index in [0.29, 0.717) is 17.7 Å². The molecule has 22 heavy (non-hydrogen) atoms. The first kappa shape index (κ1) is 16.1. The molecule has 0 bridgehead atoms. The third kappa shape index (κ3) is 3.86. The molecule has 3 N–H and O–H groups in total. The van der Waals surface area contributed by atoms with Gasteiger partial charge in [-0.05, 0) is 30.7 Å². The normalized spacial score (nSPS) is 12.6. The van der Waals surface area contributed by atoms with Crippen LogP contribution in [0.5, 0.6) is 0 Å². The molecule has 0 spiro atoms. The van der Waals surface area contributed by atoms with Gasteiger partial charge in [-0.2, -0.15) is 0 Å². The summed E-state index contributed by atoms with van der Waals surface area (Å²) in [6.07, 6.45) is 3.60. The van der Waals surface area contributed by atoms with Crippen LogP contribution in [0.3, 0.4) is 0 Å². The zero-order valence-corrected chi connectivity index (χ0v) is 12.7. The van der Waals surface area contributed by atoms with Gasteiger partial charge in [-0.1, -0.05) is 13.0 Å². The number of aromatic nitrogens is 2. The lowest BCUT2D eigenvalue weighted by atomic mass is 10.1. The van der Waals surface area contributed by atoms with Crippen molar-refractivity contribution < 1.29 is 13.2 Å². The summed E-state index contributed by atoms with van der Waals surface area (Å²) >= 11 is 0. The van der Waals surface area contributed by atoms with Gasteiger partial charge in [0.25, 0.3) is 15.9 Å². The van der Waals surface area contributed by atoms with Gasteiger partial charge in [0.1, 0.15) is 0 Å². The third-order valence-electron chi connectivity index (χ3n) is 3.05. The smallest absolute Gasteiger partial charge is 0.255 e. The van der Waals surface area contributed by atoms with Crippen molar-refractivity contribution in [2.45, 2.75) is 24.4 Å². The molecule has 0 fully saturated rings. The minimum atomic E-state index is -3.88. The van der Waals surface area contributed by atoms with Crippen LogP contribution in [0.2, 0.25) is 0 Å². The van der Waals surface area contributed by atoms with Gasteiger partial charge in [0.05, 0.1) is 11.7 Å². The van der Waals surface area contributed by atoms with Crippen molar-refractivity contribution in [1.82, 2.24) is 15.3 Å². The van der Waals surface area contributed by atoms with Gasteiger partial charge in [0.2, 0.25) is 0 Å². The standard InChI is InChI=1S/C14H16N4O3S/c1-2-11(18-14(19)10-6-8-16-9-7-10)12-4-3-5-13(17-12)22(15,20)21/h3-9,11H,2H2,1H3,(H,18,19)(H2,15,20,21)/t11-/m0/s1. The van der Waals surface area contributed by atoms with Gasteiger partial charge >= 0.3 is 0 Å². The van der Waals surface area contributed by atoms with E-state index >= 15 is 0 Å². The van der Waals surface area contributed by atoms with Crippen LogP contribution in [0.4, 0.5) is 0 Å². The molecule has 1 atom stereocenters. The first-order valence-electron chi connectivity index (χ1n) is 6.62. The Morgan fingerprint density at radius 3 is 2.55 bits per heavy atom. The van der Waals surface area contributed by atoms with Crippen molar-refractivity contribution >= 4 is 15.9 Å². The maximum atomic E-state index is 12.2. The average molecular weight is 320 g/mol. The van der Waals surface area contributed by atoms with Crippen molar-refractivity contribution in [1.29, 1.82) is 0 Å². The molecule has 0 radical (unpaired) electrons. The first-order valence-corrected chi connectivity index (χ1v) is 8.17. The van der Waals surface area contributed by atoms with E-state index in [4.69, 9.17) is 5.14 Å². The third-order valence-corrected chi connectivity index (χ3v) is 3.86. The predicted octanol–water partition coefficient (Wildman–Crippen LogP) is 1.01. The number of sulfonamides is 1. The van der Waals surface area contributed by atoms with Crippen LogP contribution < -0.4 is 10.5 Å². The summed E-state index contributed by atoms with van der Waals surface area (Å²) in [7, 11) is -3.88. The molecule has 0 aliphatic heterocycles. The molecule has 2 aromatic rings. The van der Waals surface area contributed by atoms with Gasteiger partial charge in [0.15, 0.2) is 5.03 Å². The van der Waals surface area contributed by atoms with Crippen LogP contribution in [0.25, 0.3) is 0 Å². The number of nitrogens with two attached hydrogens (primary N) is 1. The van der Waals surface area contributed by atoms with Crippen molar-refractivity contribution in [3.8, 4) is 0 Å². The average Bonchev–Trinajstić information content (AvgIpc) is 2.52. The summed E-state index contributed by atoms with van der Waals surface area (Å²) < 4.78 is 22.7. The fourth-order valence-corrected chi connectivity index (χ4v) is 2.41. The Morgan fingerprint density at radius 1 is 1.27 bits per heavy atom. The van der Waals surface area contributed by atoms with Crippen molar-refractivity contribution in [2.75, 3.05) is 0 Å². The number of amides is 1. The van der Waals surface area contributed by atoms with E-state index in [1.807, 2.05) is 6.92 Å². The highest BCUT2D eigenvalue weighted by molar-refractivity contribution is 7.89. The molecule has 0 saturated carbocycles. The van der Waals surface area contributed by atoms with E-state index in [1.54, 1.807) is 24.3 Å². The molecule has 2 rings (SSSR count). The predicted molar refractivity (Wildman–Crippen MR) is 80.3 cm³/mol. The Balaban J connectivity index is 2.24. The van der Waals surface area contributed by atoms with E-state index in [0.717, 1.165) is 0 Å². The zero-order chi connectivity index (χ0) is 16.2. The summed E-state index contributed by atoms with van der Waals surface area (Å²) in [5, 5.41) is 7.67. The second-order valence-corrected chi connectivity index (χ2v) is 6.12. The van der Waals surface area contributed by atoms with Crippen LogP contribution in [0, 0.1) is 0 Å². The summed E-state index contributed by atoms with van der Waals surface area (Å²) in [6, 6.07) is 7.28. The lowest BCUT2D eigenvalue weighted by molar-refractivity contribution is 0.0934. The number of nitrogens with one attached hydrogen (secondary N) is 1. The molecule has 0 unspecified atom stereocenters. The lowest BCUT2D eigenvalue weighted by Gasteiger charge is -2.17. The minimum absolute atomic E-state index is 0.221. The highest BCUT2D eigenvalue weighted by Gasteiger charge is 2.18. The molecule has 0 aliphatic rings. The van der Waals surface area contributed by atoms with Crippen molar-refractivity contribution in [3.63, 3.8) is 0 Å². The minimum Gasteiger partial charge on any atom is -0.344 e. The molecule has 0 aliphatic carbocycles. The lowest BCUT2D eigenvalue weighted by Crippen LogP contribution is -2.29. The molecule has 2 heterocycles. The SMILES string of the molecule is CC[C@H](NC(=O)c1ccncc1)c1cccc(S(N)(=O)=O)n1. The molecule has 2 aromatic heterocycles. The molecule has 8 heteroatoms. The molecule has 0 saturated heterocycles. The number of pyridine rings is 2. The maximum Gasteiger partial charge on any atom is 0.255 e. The zero-order valence-electron chi connectivity index (χ0n) is 11.9. The molecule has 7 nitrogen and oxygen atoms in total. The Hall–Kier alpha value is -2.32. The molecule has 1 amide bonds. The van der Waals surface area contributed by atoms with E-state index in [9.17, 15) is 13.2 Å². The van der Waals surface area contributed by atoms with Gasteiger partial charge in [-0.25, -0.2) is 18.5 Å². The number of carbonyl (C=O) groups excluding carboxylic acids is 1. The first-order chi connectivity index (χ1) is 10.4. The summed E-state index contributed by atoms with van der Waals surface area (Å²) in [4.78, 5) is 20.0. The number of hydrogen-bond donors (Lipinski definition) is 2. The van der Waals surface area contributed by atoms with Crippen LogP contribution in [0.1, 0.15) is 35.4 Å². The number of hydrogen-bond acceptors (Lipinski definition) is 5. The summed E-state index contributed by atoms with van der Waals surface area (Å²) in [6.45, 7) is 1.86. The van der Waals surface area contributed by atoms with Gasteiger partial charge in [0, 0.05) is 18.0 Å². The summed E-state index contributed by atoms with van der Waals surface area (Å²) in [5.74, 6) is -0.281. The number of primary sulfonamides is 1. The molecule has 116 valence electrons. The highest BCUT2D eigenvalue weighted by atomic mass is 32.2. The van der Waals surface area contributed by atoms with Crippen molar-refractivity contribution in [2.24, 2.45) is 5.14 Å². The van der Waals surface area contributed by atoms with E-state index in [1.165, 1.54) is 18.5 Å². The van der Waals surface area contributed by atoms with Gasteiger partial charge in [-0.15, -0.1) is 0 Å². The van der Waals surface area contributed by atoms with Crippen LogP contribution >= 0.6 is 0 Å². The highest BCUT2D eigenvalue weighted by Crippen LogP contribution is 2.16. The number of rotatable bonds is 5. The fraction of sp³-hybridized carbons (Fsp3) is 0.214. The Morgan fingerprint density at radius 2 is 1.95 bits per heavy atom. The van der Waals surface area contributed by atoms with E-state index in [2.05, 4.69) is 15.3 Å². The van der Waals surface area contributed by atoms with Gasteiger partial charge in [-0.3, -0.25) is 9.78 Å². The van der Waals surface area contributed by atoms with E-state index in [-0.39, 0.29) is 10.9 Å². The topological polar surface area (TPSA) is 115 Å². The van der Waals surface area contributed by atoms with Gasteiger partial charge < -0.3 is 5.32 Å². The van der Waals surface area contributed by atoms with Crippen LogP contribution in [-0.4, -0.2) is 24.3 Å². The molecular formula is C14H16N4O3S. The molecular weight excluding hydrogens is 304 g/mol. The largest absolute Gasteiger partial charge is 0.344 e. The fourth-order valence-electron chi connectivity index (χ4n) is 1.91. The quantitative estimate of drug-likeness (QED) is 0.853. The maximum absolute atomic E-state index is 12.2. The number of nitrogens with zero attached hydrogens (tertiary/aromatic N) is 2. The van der Waals surface area contributed by atoms with Crippen LogP contribution in [0.15, 0.2) is 47.8 Å². The second kappa shape index (κ2) is 6.63.